The molecule has 0 radical (unpaired) electrons. The number of hydrogen-bond donors (Lipinski definition) is 1. The van der Waals surface area contributed by atoms with Crippen molar-refractivity contribution in [2.45, 2.75) is 6.42 Å². The zero-order chi connectivity index (χ0) is 11.7. The summed E-state index contributed by atoms with van der Waals surface area (Å²) in [6.45, 7) is 0. The molecule has 1 aromatic carbocycles. The predicted molar refractivity (Wildman–Crippen MR) is 63.9 cm³/mol. The van der Waals surface area contributed by atoms with Crippen LogP contribution in [0.3, 0.4) is 0 Å². The SMILES string of the molecule is Oc1ccc2nnc(Cc3ccccc3)n2c1. The number of fused-ring (bicyclic) bond motifs is 1. The van der Waals surface area contributed by atoms with E-state index in [1.54, 1.807) is 18.3 Å². The fourth-order valence-electron chi connectivity index (χ4n) is 1.83. The number of benzene rings is 1. The van der Waals surface area contributed by atoms with Gasteiger partial charge >= 0.3 is 0 Å². The van der Waals surface area contributed by atoms with E-state index in [4.69, 9.17) is 0 Å². The summed E-state index contributed by atoms with van der Waals surface area (Å²) in [5.74, 6) is 1.04. The maximum atomic E-state index is 9.46. The van der Waals surface area contributed by atoms with Crippen LogP contribution in [0.25, 0.3) is 5.65 Å². The van der Waals surface area contributed by atoms with Crippen LogP contribution in [-0.2, 0) is 6.42 Å². The first-order chi connectivity index (χ1) is 8.33. The second kappa shape index (κ2) is 3.90. The molecule has 0 aliphatic heterocycles. The van der Waals surface area contributed by atoms with E-state index in [1.165, 1.54) is 5.56 Å². The maximum Gasteiger partial charge on any atom is 0.161 e. The van der Waals surface area contributed by atoms with E-state index in [1.807, 2.05) is 34.7 Å². The average Bonchev–Trinajstić information content (AvgIpc) is 2.73. The molecule has 84 valence electrons. The van der Waals surface area contributed by atoms with Gasteiger partial charge in [0.25, 0.3) is 0 Å². The summed E-state index contributed by atoms with van der Waals surface area (Å²) in [7, 11) is 0. The quantitative estimate of drug-likeness (QED) is 0.726. The minimum Gasteiger partial charge on any atom is -0.506 e. The molecule has 3 aromatic rings. The molecule has 0 bridgehead atoms. The second-order valence-electron chi connectivity index (χ2n) is 3.89. The molecule has 4 nitrogen and oxygen atoms in total. The summed E-state index contributed by atoms with van der Waals surface area (Å²) in [6, 6.07) is 13.4. The Morgan fingerprint density at radius 3 is 2.65 bits per heavy atom. The van der Waals surface area contributed by atoms with E-state index < -0.39 is 0 Å². The van der Waals surface area contributed by atoms with Crippen molar-refractivity contribution in [1.82, 2.24) is 14.6 Å². The van der Waals surface area contributed by atoms with Crippen LogP contribution >= 0.6 is 0 Å². The monoisotopic (exact) mass is 225 g/mol. The Morgan fingerprint density at radius 1 is 1.00 bits per heavy atom. The highest BCUT2D eigenvalue weighted by atomic mass is 16.3. The molecule has 17 heavy (non-hydrogen) atoms. The molecular weight excluding hydrogens is 214 g/mol. The van der Waals surface area contributed by atoms with Crippen molar-refractivity contribution >= 4 is 5.65 Å². The molecule has 0 atom stereocenters. The third-order valence-corrected chi connectivity index (χ3v) is 2.66. The lowest BCUT2D eigenvalue weighted by atomic mass is 10.1. The largest absolute Gasteiger partial charge is 0.506 e. The second-order valence-corrected chi connectivity index (χ2v) is 3.89. The highest BCUT2D eigenvalue weighted by molar-refractivity contribution is 5.41. The lowest BCUT2D eigenvalue weighted by Crippen LogP contribution is -1.95. The van der Waals surface area contributed by atoms with Crippen LogP contribution in [0.1, 0.15) is 11.4 Å². The lowest BCUT2D eigenvalue weighted by molar-refractivity contribution is 0.471. The van der Waals surface area contributed by atoms with Crippen molar-refractivity contribution in [2.24, 2.45) is 0 Å². The van der Waals surface area contributed by atoms with Crippen LogP contribution in [0.5, 0.6) is 5.75 Å². The first kappa shape index (κ1) is 9.84. The third kappa shape index (κ3) is 1.85. The zero-order valence-electron chi connectivity index (χ0n) is 9.11. The van der Waals surface area contributed by atoms with Gasteiger partial charge in [-0.1, -0.05) is 30.3 Å². The van der Waals surface area contributed by atoms with Crippen molar-refractivity contribution in [3.63, 3.8) is 0 Å². The van der Waals surface area contributed by atoms with Gasteiger partial charge in [0, 0.05) is 6.42 Å². The Balaban J connectivity index is 2.03. The van der Waals surface area contributed by atoms with Crippen LogP contribution in [0.15, 0.2) is 48.7 Å². The molecular formula is C13H11N3O. The molecule has 0 aliphatic rings. The predicted octanol–water partition coefficient (Wildman–Crippen LogP) is 2.03. The first-order valence-corrected chi connectivity index (χ1v) is 5.39. The summed E-state index contributed by atoms with van der Waals surface area (Å²) in [4.78, 5) is 0. The van der Waals surface area contributed by atoms with Gasteiger partial charge in [-0.15, -0.1) is 10.2 Å². The minimum atomic E-state index is 0.214. The minimum absolute atomic E-state index is 0.214. The fourth-order valence-corrected chi connectivity index (χ4v) is 1.83. The van der Waals surface area contributed by atoms with Crippen molar-refractivity contribution in [2.75, 3.05) is 0 Å². The van der Waals surface area contributed by atoms with E-state index in [0.717, 1.165) is 11.5 Å². The van der Waals surface area contributed by atoms with E-state index in [-0.39, 0.29) is 5.75 Å². The van der Waals surface area contributed by atoms with Gasteiger partial charge in [0.1, 0.15) is 11.6 Å². The molecule has 3 rings (SSSR count). The number of nitrogens with zero attached hydrogens (tertiary/aromatic N) is 3. The maximum absolute atomic E-state index is 9.46. The number of pyridine rings is 1. The van der Waals surface area contributed by atoms with Crippen LogP contribution in [0.4, 0.5) is 0 Å². The molecule has 1 N–H and O–H groups in total. The summed E-state index contributed by atoms with van der Waals surface area (Å²) < 4.78 is 1.81. The van der Waals surface area contributed by atoms with Gasteiger partial charge in [-0.3, -0.25) is 4.40 Å². The number of rotatable bonds is 2. The van der Waals surface area contributed by atoms with Gasteiger partial charge in [-0.2, -0.15) is 0 Å². The molecule has 0 saturated carbocycles. The van der Waals surface area contributed by atoms with Gasteiger partial charge in [-0.05, 0) is 17.7 Å². The van der Waals surface area contributed by atoms with Crippen LogP contribution in [0, 0.1) is 0 Å². The highest BCUT2D eigenvalue weighted by Crippen LogP contribution is 2.14. The van der Waals surface area contributed by atoms with Gasteiger partial charge in [0.2, 0.25) is 0 Å². The smallest absolute Gasteiger partial charge is 0.161 e. The number of hydrogen-bond acceptors (Lipinski definition) is 3. The molecule has 0 spiro atoms. The Hall–Kier alpha value is -2.36. The third-order valence-electron chi connectivity index (χ3n) is 2.66. The molecule has 0 aliphatic carbocycles. The van der Waals surface area contributed by atoms with Gasteiger partial charge in [0.05, 0.1) is 6.20 Å². The van der Waals surface area contributed by atoms with Crippen molar-refractivity contribution in [3.8, 4) is 5.75 Å². The first-order valence-electron chi connectivity index (χ1n) is 5.39. The molecule has 2 aromatic heterocycles. The summed E-state index contributed by atoms with van der Waals surface area (Å²) in [5, 5.41) is 17.7. The standard InChI is InChI=1S/C13H11N3O/c17-11-6-7-12-14-15-13(16(12)9-11)8-10-4-2-1-3-5-10/h1-7,9,17H,8H2. The Kier molecular flexibility index (Phi) is 2.26. The molecule has 0 unspecified atom stereocenters. The lowest BCUT2D eigenvalue weighted by Gasteiger charge is -2.00. The fraction of sp³-hybridized carbons (Fsp3) is 0.0769. The molecule has 2 heterocycles. The summed E-state index contributed by atoms with van der Waals surface area (Å²) >= 11 is 0. The molecule has 0 amide bonds. The molecule has 0 saturated heterocycles. The Morgan fingerprint density at radius 2 is 1.82 bits per heavy atom. The van der Waals surface area contributed by atoms with Crippen molar-refractivity contribution in [3.05, 3.63) is 60.0 Å². The summed E-state index contributed by atoms with van der Waals surface area (Å²) in [5.41, 5.74) is 1.92. The van der Waals surface area contributed by atoms with E-state index in [9.17, 15) is 5.11 Å². The molecule has 0 fully saturated rings. The van der Waals surface area contributed by atoms with Crippen LogP contribution < -0.4 is 0 Å². The van der Waals surface area contributed by atoms with Crippen LogP contribution in [0.2, 0.25) is 0 Å². The topological polar surface area (TPSA) is 50.4 Å². The van der Waals surface area contributed by atoms with E-state index in [2.05, 4.69) is 10.2 Å². The van der Waals surface area contributed by atoms with E-state index in [0.29, 0.717) is 6.42 Å². The number of aromatic nitrogens is 3. The zero-order valence-corrected chi connectivity index (χ0v) is 9.11. The highest BCUT2D eigenvalue weighted by Gasteiger charge is 2.06. The number of aromatic hydroxyl groups is 1. The molecule has 4 heteroatoms. The normalized spacial score (nSPS) is 10.8. The summed E-state index contributed by atoms with van der Waals surface area (Å²) in [6.07, 6.45) is 2.33. The van der Waals surface area contributed by atoms with Crippen molar-refractivity contribution < 1.29 is 5.11 Å². The van der Waals surface area contributed by atoms with Crippen LogP contribution in [-0.4, -0.2) is 19.7 Å². The van der Waals surface area contributed by atoms with E-state index >= 15 is 0 Å². The Bertz CT molecular complexity index is 646. The van der Waals surface area contributed by atoms with Gasteiger partial charge in [0.15, 0.2) is 5.65 Å². The van der Waals surface area contributed by atoms with Gasteiger partial charge in [-0.25, -0.2) is 0 Å². The average molecular weight is 225 g/mol. The Labute approximate surface area is 98.2 Å². The van der Waals surface area contributed by atoms with Gasteiger partial charge < -0.3 is 5.11 Å². The van der Waals surface area contributed by atoms with Crippen molar-refractivity contribution in [1.29, 1.82) is 0 Å².